The number of nitrogens with zero attached hydrogens (tertiary/aromatic N) is 2. The van der Waals surface area contributed by atoms with Gasteiger partial charge in [-0.15, -0.1) is 6.58 Å². The van der Waals surface area contributed by atoms with Crippen LogP contribution in [0.5, 0.6) is 0 Å². The number of aryl methyl sites for hydroxylation is 1. The largest absolute Gasteiger partial charge is 0.463 e. The van der Waals surface area contributed by atoms with E-state index in [1.54, 1.807) is 13.0 Å². The number of anilines is 3. The van der Waals surface area contributed by atoms with E-state index in [-0.39, 0.29) is 13.2 Å². The van der Waals surface area contributed by atoms with Gasteiger partial charge >= 0.3 is 11.7 Å². The van der Waals surface area contributed by atoms with Crippen molar-refractivity contribution < 1.29 is 9.53 Å². The zero-order valence-corrected chi connectivity index (χ0v) is 19.6. The molecule has 0 amide bonds. The molecule has 1 aromatic heterocycles. The maximum Gasteiger partial charge on any atom is 0.351 e. The van der Waals surface area contributed by atoms with Crippen LogP contribution < -0.4 is 16.3 Å². The highest BCUT2D eigenvalue weighted by molar-refractivity contribution is 5.95. The van der Waals surface area contributed by atoms with Gasteiger partial charge in [0.2, 0.25) is 0 Å². The van der Waals surface area contributed by atoms with E-state index in [2.05, 4.69) is 22.2 Å². The number of carbonyl (C=O) groups is 1. The molecule has 3 aromatic rings. The third-order valence-corrected chi connectivity index (χ3v) is 5.76. The fraction of sp³-hybridized carbons (Fsp3) is 0.222. The van der Waals surface area contributed by atoms with E-state index in [9.17, 15) is 9.59 Å². The van der Waals surface area contributed by atoms with Gasteiger partial charge in [-0.3, -0.25) is 4.57 Å². The molecule has 2 aromatic carbocycles. The molecule has 34 heavy (non-hydrogen) atoms. The fourth-order valence-electron chi connectivity index (χ4n) is 4.21. The molecule has 4 rings (SSSR count). The quantitative estimate of drug-likeness (QED) is 0.390. The lowest BCUT2D eigenvalue weighted by molar-refractivity contribution is -0.138. The van der Waals surface area contributed by atoms with Crippen molar-refractivity contribution in [3.63, 3.8) is 0 Å². The van der Waals surface area contributed by atoms with Crippen molar-refractivity contribution in [3.05, 3.63) is 106 Å². The Morgan fingerprint density at radius 1 is 1.18 bits per heavy atom. The van der Waals surface area contributed by atoms with Gasteiger partial charge in [0.25, 0.3) is 0 Å². The summed E-state index contributed by atoms with van der Waals surface area (Å²) in [5, 5.41) is 6.60. The monoisotopic (exact) mass is 456 g/mol. The van der Waals surface area contributed by atoms with Gasteiger partial charge in [0.15, 0.2) is 0 Å². The lowest BCUT2D eigenvalue weighted by Crippen LogP contribution is -2.33. The third-order valence-electron chi connectivity index (χ3n) is 5.76. The second-order valence-electron chi connectivity index (χ2n) is 8.12. The maximum absolute atomic E-state index is 13.1. The average Bonchev–Trinajstić information content (AvgIpc) is 2.83. The first-order valence-electron chi connectivity index (χ1n) is 11.2. The van der Waals surface area contributed by atoms with Crippen LogP contribution in [-0.4, -0.2) is 22.1 Å². The zero-order chi connectivity index (χ0) is 24.2. The van der Waals surface area contributed by atoms with Crippen LogP contribution in [0.1, 0.15) is 36.5 Å². The molecule has 7 heteroatoms. The van der Waals surface area contributed by atoms with Gasteiger partial charge in [0, 0.05) is 23.5 Å². The van der Waals surface area contributed by atoms with Crippen LogP contribution in [-0.2, 0) is 16.1 Å². The average molecular weight is 457 g/mol. The number of hydrogen-bond donors (Lipinski definition) is 2. The summed E-state index contributed by atoms with van der Waals surface area (Å²) in [7, 11) is 0. The maximum atomic E-state index is 13.1. The summed E-state index contributed by atoms with van der Waals surface area (Å²) < 4.78 is 6.96. The molecule has 174 valence electrons. The number of ether oxygens (including phenoxy) is 1. The van der Waals surface area contributed by atoms with Gasteiger partial charge in [-0.25, -0.2) is 9.59 Å². The normalized spacial score (nSPS) is 14.7. The van der Waals surface area contributed by atoms with Crippen LogP contribution in [0.15, 0.2) is 83.3 Å². The molecule has 0 radical (unpaired) electrons. The highest BCUT2D eigenvalue weighted by Gasteiger charge is 2.37. The molecule has 1 aliphatic rings. The van der Waals surface area contributed by atoms with E-state index in [1.807, 2.05) is 68.4 Å². The van der Waals surface area contributed by atoms with Gasteiger partial charge in [0.1, 0.15) is 11.6 Å². The lowest BCUT2D eigenvalue weighted by Gasteiger charge is -2.32. The third kappa shape index (κ3) is 4.37. The summed E-state index contributed by atoms with van der Waals surface area (Å²) in [6, 6.07) is 17.5. The Hall–Kier alpha value is -4.13. The molecule has 0 saturated carbocycles. The Labute approximate surface area is 198 Å². The number of esters is 1. The number of hydrogen-bond acceptors (Lipinski definition) is 6. The first kappa shape index (κ1) is 23.0. The Morgan fingerprint density at radius 3 is 2.53 bits per heavy atom. The minimum absolute atomic E-state index is 0.257. The van der Waals surface area contributed by atoms with E-state index >= 15 is 0 Å². The minimum Gasteiger partial charge on any atom is -0.463 e. The molecule has 1 atom stereocenters. The van der Waals surface area contributed by atoms with Gasteiger partial charge < -0.3 is 15.4 Å². The highest BCUT2D eigenvalue weighted by Crippen LogP contribution is 2.45. The van der Waals surface area contributed by atoms with Crippen LogP contribution in [0.2, 0.25) is 0 Å². The van der Waals surface area contributed by atoms with Gasteiger partial charge in [0.05, 0.1) is 18.1 Å². The first-order valence-corrected chi connectivity index (χ1v) is 11.2. The number of rotatable bonds is 7. The van der Waals surface area contributed by atoms with E-state index in [1.165, 1.54) is 4.57 Å². The number of fused-ring (bicyclic) bond motifs is 1. The Bertz CT molecular complexity index is 1310. The summed E-state index contributed by atoms with van der Waals surface area (Å²) in [6.07, 6.45) is 1.65. The van der Waals surface area contributed by atoms with Gasteiger partial charge in [-0.2, -0.15) is 4.98 Å². The Kier molecular flexibility index (Phi) is 6.63. The molecule has 2 heterocycles. The van der Waals surface area contributed by atoms with E-state index in [0.717, 1.165) is 16.8 Å². The van der Waals surface area contributed by atoms with Crippen LogP contribution in [0.3, 0.4) is 0 Å². The van der Waals surface area contributed by atoms with Crippen molar-refractivity contribution in [2.24, 2.45) is 0 Å². The topological polar surface area (TPSA) is 85.2 Å². The second-order valence-corrected chi connectivity index (χ2v) is 8.12. The molecular weight excluding hydrogens is 428 g/mol. The van der Waals surface area contributed by atoms with Crippen molar-refractivity contribution in [3.8, 4) is 0 Å². The van der Waals surface area contributed by atoms with Crippen molar-refractivity contribution in [2.75, 3.05) is 17.2 Å². The summed E-state index contributed by atoms with van der Waals surface area (Å²) in [4.78, 5) is 30.6. The van der Waals surface area contributed by atoms with Crippen molar-refractivity contribution in [1.29, 1.82) is 0 Å². The van der Waals surface area contributed by atoms with E-state index < -0.39 is 17.6 Å². The predicted octanol–water partition coefficient (Wildman–Crippen LogP) is 4.88. The van der Waals surface area contributed by atoms with Gasteiger partial charge in [-0.1, -0.05) is 54.1 Å². The summed E-state index contributed by atoms with van der Waals surface area (Å²) >= 11 is 0. The predicted molar refractivity (Wildman–Crippen MR) is 134 cm³/mol. The lowest BCUT2D eigenvalue weighted by atomic mass is 9.81. The number of benzene rings is 2. The molecule has 1 aliphatic heterocycles. The molecule has 2 N–H and O–H groups in total. The molecule has 7 nitrogen and oxygen atoms in total. The van der Waals surface area contributed by atoms with Crippen LogP contribution in [0.25, 0.3) is 0 Å². The minimum atomic E-state index is -0.492. The van der Waals surface area contributed by atoms with Crippen LogP contribution >= 0.6 is 0 Å². The molecule has 0 bridgehead atoms. The molecular formula is C27H28N4O3. The number of allylic oxidation sites excluding steroid dienone is 2. The highest BCUT2D eigenvalue weighted by atomic mass is 16.5. The summed E-state index contributed by atoms with van der Waals surface area (Å²) in [5.74, 6) is 0.0668. The van der Waals surface area contributed by atoms with E-state index in [4.69, 9.17) is 4.74 Å². The number of carbonyl (C=O) groups excluding carboxylic acids is 1. The number of aromatic nitrogens is 2. The fourth-order valence-corrected chi connectivity index (χ4v) is 4.21. The molecule has 0 aliphatic carbocycles. The van der Waals surface area contributed by atoms with Crippen molar-refractivity contribution >= 4 is 23.3 Å². The SMILES string of the molecule is C=CCn1c2c(c(Nc3ccc(C)cc3)nc1=O)C(c1ccccc1)C(C(=O)OCC)=C(C)N2. The molecule has 0 saturated heterocycles. The van der Waals surface area contributed by atoms with Crippen LogP contribution in [0.4, 0.5) is 17.3 Å². The van der Waals surface area contributed by atoms with Crippen molar-refractivity contribution in [2.45, 2.75) is 33.2 Å². The molecule has 1 unspecified atom stereocenters. The zero-order valence-electron chi connectivity index (χ0n) is 19.6. The Morgan fingerprint density at radius 2 is 1.88 bits per heavy atom. The van der Waals surface area contributed by atoms with Crippen molar-refractivity contribution in [1.82, 2.24) is 9.55 Å². The molecule has 0 spiro atoms. The first-order chi connectivity index (χ1) is 16.4. The van der Waals surface area contributed by atoms with Gasteiger partial charge in [-0.05, 0) is 38.5 Å². The second kappa shape index (κ2) is 9.79. The smallest absolute Gasteiger partial charge is 0.351 e. The van der Waals surface area contributed by atoms with Crippen LogP contribution in [0, 0.1) is 6.92 Å². The summed E-state index contributed by atoms with van der Waals surface area (Å²) in [6.45, 7) is 9.93. The Balaban J connectivity index is 2.00. The summed E-state index contributed by atoms with van der Waals surface area (Å²) in [5.41, 5.74) is 4.19. The number of nitrogens with one attached hydrogen (secondary N) is 2. The molecule has 0 fully saturated rings. The van der Waals surface area contributed by atoms with E-state index in [0.29, 0.717) is 28.5 Å². The standard InChI is InChI=1S/C27H28N4O3/c1-5-16-31-25-23(24(30-27(31)33)29-20-14-12-17(3)13-15-20)22(19-10-8-7-9-11-19)21(18(4)28-25)26(32)34-6-2/h5,7-15,22,28H,1,6,16H2,2-4H3,(H,29,30,33).